The van der Waals surface area contributed by atoms with Gasteiger partial charge in [0, 0.05) is 6.20 Å². The van der Waals surface area contributed by atoms with Crippen LogP contribution in [0.4, 0.5) is 14.5 Å². The third kappa shape index (κ3) is 3.11. The first-order valence-electron chi connectivity index (χ1n) is 8.41. The van der Waals surface area contributed by atoms with Gasteiger partial charge in [0.05, 0.1) is 24.1 Å². The van der Waals surface area contributed by atoms with Gasteiger partial charge in [-0.15, -0.1) is 0 Å². The molecule has 2 aromatic carbocycles. The predicted octanol–water partition coefficient (Wildman–Crippen LogP) is 4.01. The van der Waals surface area contributed by atoms with E-state index in [9.17, 15) is 17.2 Å². The molecule has 5 nitrogen and oxygen atoms in total. The molecule has 0 saturated heterocycles. The van der Waals surface area contributed by atoms with Crippen LogP contribution in [0.5, 0.6) is 0 Å². The van der Waals surface area contributed by atoms with E-state index >= 15 is 0 Å². The fraction of sp³-hybridized carbons (Fsp3) is 0.0500. The molecule has 28 heavy (non-hydrogen) atoms. The highest BCUT2D eigenvalue weighted by atomic mass is 32.2. The van der Waals surface area contributed by atoms with E-state index in [1.807, 2.05) is 6.07 Å². The van der Waals surface area contributed by atoms with E-state index in [0.717, 1.165) is 22.5 Å². The van der Waals surface area contributed by atoms with Gasteiger partial charge in [0.15, 0.2) is 4.90 Å². The summed E-state index contributed by atoms with van der Waals surface area (Å²) in [5, 5.41) is 0. The third-order valence-corrected chi connectivity index (χ3v) is 6.14. The minimum atomic E-state index is -4.52. The Morgan fingerprint density at radius 3 is 2.29 bits per heavy atom. The number of hydrogen-bond acceptors (Lipinski definition) is 3. The number of nitrogens with zero attached hydrogens (tertiary/aromatic N) is 3. The maximum absolute atomic E-state index is 14.3. The van der Waals surface area contributed by atoms with Crippen LogP contribution in [0.1, 0.15) is 5.69 Å². The van der Waals surface area contributed by atoms with Crippen molar-refractivity contribution >= 4 is 21.4 Å². The second-order valence-corrected chi connectivity index (χ2v) is 7.88. The number of sulfonamides is 1. The highest BCUT2D eigenvalue weighted by molar-refractivity contribution is 7.92. The van der Waals surface area contributed by atoms with Gasteiger partial charge in [-0.25, -0.2) is 22.2 Å². The van der Waals surface area contributed by atoms with E-state index in [-0.39, 0.29) is 12.2 Å². The van der Waals surface area contributed by atoms with Crippen LogP contribution in [-0.2, 0) is 16.6 Å². The molecule has 0 amide bonds. The molecular formula is C20H15F2N3O2S. The first-order valence-corrected chi connectivity index (χ1v) is 9.85. The second kappa shape index (κ2) is 7.05. The average Bonchev–Trinajstić information content (AvgIpc) is 3.09. The molecule has 0 radical (unpaired) electrons. The lowest BCUT2D eigenvalue weighted by molar-refractivity contribution is 0.517. The highest BCUT2D eigenvalue weighted by Gasteiger charge is 2.31. The van der Waals surface area contributed by atoms with Gasteiger partial charge in [0.25, 0.3) is 10.0 Å². The lowest BCUT2D eigenvalue weighted by Crippen LogP contribution is -2.32. The lowest BCUT2D eigenvalue weighted by atomic mass is 10.3. The normalized spacial score (nSPS) is 11.6. The van der Waals surface area contributed by atoms with Crippen molar-refractivity contribution in [2.24, 2.45) is 0 Å². The monoisotopic (exact) mass is 399 g/mol. The maximum atomic E-state index is 14.3. The van der Waals surface area contributed by atoms with Gasteiger partial charge in [-0.3, -0.25) is 4.31 Å². The molecule has 2 aromatic heterocycles. The molecule has 0 saturated carbocycles. The number of halogens is 2. The van der Waals surface area contributed by atoms with Crippen molar-refractivity contribution in [3.05, 3.63) is 96.5 Å². The van der Waals surface area contributed by atoms with Gasteiger partial charge >= 0.3 is 0 Å². The van der Waals surface area contributed by atoms with Crippen molar-refractivity contribution in [2.45, 2.75) is 11.4 Å². The lowest BCUT2D eigenvalue weighted by Gasteiger charge is -2.24. The molecule has 0 atom stereocenters. The Morgan fingerprint density at radius 2 is 1.57 bits per heavy atom. The summed E-state index contributed by atoms with van der Waals surface area (Å²) in [6.45, 7) is -0.148. The Balaban J connectivity index is 1.87. The van der Waals surface area contributed by atoms with Gasteiger partial charge < -0.3 is 4.40 Å². The minimum Gasteiger partial charge on any atom is -0.302 e. The molecular weight excluding hydrogens is 384 g/mol. The summed E-state index contributed by atoms with van der Waals surface area (Å²) in [5.41, 5.74) is 1.48. The summed E-state index contributed by atoms with van der Waals surface area (Å²) in [5.74, 6) is -2.28. The smallest absolute Gasteiger partial charge is 0.270 e. The van der Waals surface area contributed by atoms with Gasteiger partial charge in [-0.05, 0) is 36.4 Å². The summed E-state index contributed by atoms with van der Waals surface area (Å²) < 4.78 is 57.8. The number of fused-ring (bicyclic) bond motifs is 1. The summed E-state index contributed by atoms with van der Waals surface area (Å²) >= 11 is 0. The number of imidazole rings is 1. The Bertz CT molecular complexity index is 1220. The number of anilines is 1. The maximum Gasteiger partial charge on any atom is 0.270 e. The van der Waals surface area contributed by atoms with E-state index in [0.29, 0.717) is 11.3 Å². The first-order chi connectivity index (χ1) is 13.5. The largest absolute Gasteiger partial charge is 0.302 e. The van der Waals surface area contributed by atoms with E-state index in [1.54, 1.807) is 59.3 Å². The van der Waals surface area contributed by atoms with E-state index < -0.39 is 26.6 Å². The van der Waals surface area contributed by atoms with Crippen molar-refractivity contribution < 1.29 is 17.2 Å². The average molecular weight is 399 g/mol. The number of aromatic nitrogens is 2. The van der Waals surface area contributed by atoms with Crippen molar-refractivity contribution in [1.82, 2.24) is 9.38 Å². The first kappa shape index (κ1) is 18.1. The zero-order valence-corrected chi connectivity index (χ0v) is 15.4. The van der Waals surface area contributed by atoms with Crippen molar-refractivity contribution in [3.8, 4) is 0 Å². The second-order valence-electron chi connectivity index (χ2n) is 6.08. The summed E-state index contributed by atoms with van der Waals surface area (Å²) in [4.78, 5) is 3.27. The highest BCUT2D eigenvalue weighted by Crippen LogP contribution is 2.29. The zero-order chi connectivity index (χ0) is 19.7. The Labute approximate surface area is 160 Å². The van der Waals surface area contributed by atoms with E-state index in [1.165, 1.54) is 0 Å². The van der Waals surface area contributed by atoms with Gasteiger partial charge in [0.1, 0.15) is 17.3 Å². The number of para-hydroxylation sites is 1. The molecule has 0 spiro atoms. The number of pyridine rings is 1. The van der Waals surface area contributed by atoms with Crippen molar-refractivity contribution in [1.29, 1.82) is 0 Å². The van der Waals surface area contributed by atoms with Crippen LogP contribution in [-0.4, -0.2) is 17.8 Å². The van der Waals surface area contributed by atoms with Crippen molar-refractivity contribution in [2.75, 3.05) is 4.31 Å². The molecule has 0 aliphatic rings. The SMILES string of the molecule is O=S(=O)(c1c(F)cccc1F)N(Cc1cnc2ccccn12)c1ccccc1. The van der Waals surface area contributed by atoms with E-state index in [4.69, 9.17) is 0 Å². The van der Waals surface area contributed by atoms with Crippen LogP contribution in [0.15, 0.2) is 84.0 Å². The number of hydrogen-bond donors (Lipinski definition) is 0. The fourth-order valence-corrected chi connectivity index (χ4v) is 4.55. The van der Waals surface area contributed by atoms with Crippen LogP contribution in [0.3, 0.4) is 0 Å². The molecule has 0 N–H and O–H groups in total. The molecule has 142 valence electrons. The summed E-state index contributed by atoms with van der Waals surface area (Å²) in [6.07, 6.45) is 3.29. The van der Waals surface area contributed by atoms with E-state index in [2.05, 4.69) is 4.98 Å². The predicted molar refractivity (Wildman–Crippen MR) is 101 cm³/mol. The quantitative estimate of drug-likeness (QED) is 0.510. The van der Waals surface area contributed by atoms with Crippen molar-refractivity contribution in [3.63, 3.8) is 0 Å². The van der Waals surface area contributed by atoms with Crippen LogP contribution in [0.2, 0.25) is 0 Å². The van der Waals surface area contributed by atoms with Crippen LogP contribution >= 0.6 is 0 Å². The third-order valence-electron chi connectivity index (χ3n) is 4.31. The zero-order valence-electron chi connectivity index (χ0n) is 14.5. The van der Waals surface area contributed by atoms with Crippen LogP contribution in [0, 0.1) is 11.6 Å². The Kier molecular flexibility index (Phi) is 4.56. The molecule has 2 heterocycles. The van der Waals surface area contributed by atoms with Gasteiger partial charge in [-0.2, -0.15) is 0 Å². The fourth-order valence-electron chi connectivity index (χ4n) is 3.00. The topological polar surface area (TPSA) is 54.7 Å². The molecule has 4 rings (SSSR count). The van der Waals surface area contributed by atoms with Gasteiger partial charge in [-0.1, -0.05) is 30.3 Å². The summed E-state index contributed by atoms with van der Waals surface area (Å²) in [7, 11) is -4.52. The summed E-state index contributed by atoms with van der Waals surface area (Å²) in [6, 6.07) is 16.5. The molecule has 0 aliphatic heterocycles. The standard InChI is InChI=1S/C20H15F2N3O2S/c21-17-9-6-10-18(22)20(17)28(26,27)25(15-7-2-1-3-8-15)14-16-13-23-19-11-4-5-12-24(16)19/h1-13H,14H2. The number of rotatable bonds is 5. The van der Waals surface area contributed by atoms with Crippen LogP contribution in [0.25, 0.3) is 5.65 Å². The molecule has 0 fully saturated rings. The van der Waals surface area contributed by atoms with Gasteiger partial charge in [0.2, 0.25) is 0 Å². The molecule has 8 heteroatoms. The Morgan fingerprint density at radius 1 is 0.893 bits per heavy atom. The molecule has 0 bridgehead atoms. The number of benzene rings is 2. The minimum absolute atomic E-state index is 0.148. The molecule has 0 aliphatic carbocycles. The van der Waals surface area contributed by atoms with Crippen LogP contribution < -0.4 is 4.31 Å². The Hall–Kier alpha value is -3.26. The molecule has 4 aromatic rings. The molecule has 0 unspecified atom stereocenters.